The molecule has 1 aliphatic carbocycles. The summed E-state index contributed by atoms with van der Waals surface area (Å²) < 4.78 is 3.36. The number of benzene rings is 3. The maximum atomic E-state index is 3.36. The topological polar surface area (TPSA) is 12.0 Å². The van der Waals surface area contributed by atoms with E-state index in [2.05, 4.69) is 90.5 Å². The Morgan fingerprint density at radius 3 is 1.96 bits per heavy atom. The van der Waals surface area contributed by atoms with Crippen molar-refractivity contribution in [1.82, 2.24) is 0 Å². The summed E-state index contributed by atoms with van der Waals surface area (Å²) in [5.41, 5.74) is 9.32. The van der Waals surface area contributed by atoms with E-state index in [0.29, 0.717) is 0 Å². The van der Waals surface area contributed by atoms with E-state index < -0.39 is 0 Å². The molecule has 0 bridgehead atoms. The van der Waals surface area contributed by atoms with Gasteiger partial charge in [0.05, 0.1) is 0 Å². The van der Waals surface area contributed by atoms with Crippen LogP contribution in [0.2, 0.25) is 0 Å². The summed E-state index contributed by atoms with van der Waals surface area (Å²) >= 11 is 1.72. The highest BCUT2D eigenvalue weighted by Crippen LogP contribution is 2.35. The lowest BCUT2D eigenvalue weighted by Gasteiger charge is -2.12. The fourth-order valence-electron chi connectivity index (χ4n) is 3.54. The molecule has 3 aromatic carbocycles. The molecule has 0 unspecified atom stereocenters. The second-order valence-electron chi connectivity index (χ2n) is 6.53. The van der Waals surface area contributed by atoms with Gasteiger partial charge in [-0.15, -0.1) is 0 Å². The van der Waals surface area contributed by atoms with Gasteiger partial charge in [0, 0.05) is 11.4 Å². The summed E-state index contributed by atoms with van der Waals surface area (Å²) in [7, 11) is 0. The number of fused-ring (bicyclic) bond motifs is 2. The first-order valence-corrected chi connectivity index (χ1v) is 10.2. The van der Waals surface area contributed by atoms with Crippen LogP contribution in [0.5, 0.6) is 0 Å². The third-order valence-electron chi connectivity index (χ3n) is 4.83. The lowest BCUT2D eigenvalue weighted by Crippen LogP contribution is -1.92. The highest BCUT2D eigenvalue weighted by molar-refractivity contribution is 8.00. The van der Waals surface area contributed by atoms with Crippen LogP contribution < -0.4 is 4.72 Å². The zero-order valence-electron chi connectivity index (χ0n) is 15.0. The molecule has 2 heteroatoms. The van der Waals surface area contributed by atoms with Gasteiger partial charge in [-0.3, -0.25) is 0 Å². The first kappa shape index (κ1) is 17.0. The molecule has 0 radical (unpaired) electrons. The van der Waals surface area contributed by atoms with Crippen LogP contribution in [0.3, 0.4) is 0 Å². The molecule has 0 aromatic heterocycles. The quantitative estimate of drug-likeness (QED) is 0.538. The van der Waals surface area contributed by atoms with E-state index in [1.54, 1.807) is 11.9 Å². The summed E-state index contributed by atoms with van der Waals surface area (Å²) in [5, 5.41) is 0. The molecule has 4 rings (SSSR count). The molecule has 1 aliphatic rings. The van der Waals surface area contributed by atoms with Gasteiger partial charge in [0.2, 0.25) is 0 Å². The van der Waals surface area contributed by atoms with Gasteiger partial charge < -0.3 is 4.72 Å². The molecular weight excluding hydrogens is 334 g/mol. The Kier molecular flexibility index (Phi) is 5.12. The number of rotatable bonds is 4. The molecule has 0 heterocycles. The predicted molar refractivity (Wildman–Crippen MR) is 115 cm³/mol. The summed E-state index contributed by atoms with van der Waals surface area (Å²) in [4.78, 5) is 0. The van der Waals surface area contributed by atoms with Gasteiger partial charge in [0.25, 0.3) is 0 Å². The summed E-state index contributed by atoms with van der Waals surface area (Å²) in [6, 6.07) is 26.4. The molecule has 1 nitrogen and oxygen atoms in total. The van der Waals surface area contributed by atoms with Crippen LogP contribution >= 0.6 is 11.9 Å². The molecule has 0 atom stereocenters. The van der Waals surface area contributed by atoms with Crippen LogP contribution in [0, 0.1) is 0 Å². The first-order valence-electron chi connectivity index (χ1n) is 9.21. The van der Waals surface area contributed by atoms with Crippen molar-refractivity contribution in [1.29, 1.82) is 0 Å². The molecule has 0 amide bonds. The maximum Gasteiger partial charge on any atom is 0.0440 e. The zero-order valence-corrected chi connectivity index (χ0v) is 15.9. The van der Waals surface area contributed by atoms with Crippen LogP contribution in [0.15, 0.2) is 72.8 Å². The Labute approximate surface area is 160 Å². The monoisotopic (exact) mass is 357 g/mol. The van der Waals surface area contributed by atoms with E-state index in [1.165, 1.54) is 33.4 Å². The zero-order chi connectivity index (χ0) is 17.8. The van der Waals surface area contributed by atoms with Crippen LogP contribution in [0.4, 0.5) is 5.69 Å². The number of anilines is 1. The van der Waals surface area contributed by atoms with Gasteiger partial charge in [-0.1, -0.05) is 79.5 Å². The lowest BCUT2D eigenvalue weighted by atomic mass is 9.92. The second-order valence-corrected chi connectivity index (χ2v) is 7.60. The van der Waals surface area contributed by atoms with Crippen molar-refractivity contribution >= 4 is 29.3 Å². The summed E-state index contributed by atoms with van der Waals surface area (Å²) in [6.07, 6.45) is 4.53. The number of nitrogens with one attached hydrogen (secondary N) is 1. The van der Waals surface area contributed by atoms with Crippen molar-refractivity contribution in [2.45, 2.75) is 19.8 Å². The molecule has 0 aliphatic heterocycles. The van der Waals surface area contributed by atoms with Gasteiger partial charge in [-0.2, -0.15) is 0 Å². The SMILES string of the molecule is CCSNc1ccc(C=C2c3ccccc3CCc3ccccc32)cc1. The van der Waals surface area contributed by atoms with E-state index in [4.69, 9.17) is 0 Å². The van der Waals surface area contributed by atoms with Gasteiger partial charge in [-0.05, 0) is 64.4 Å². The van der Waals surface area contributed by atoms with E-state index >= 15 is 0 Å². The normalized spacial score (nSPS) is 12.7. The largest absolute Gasteiger partial charge is 0.330 e. The van der Waals surface area contributed by atoms with Gasteiger partial charge in [0.1, 0.15) is 0 Å². The minimum Gasteiger partial charge on any atom is -0.330 e. The van der Waals surface area contributed by atoms with E-state index in [9.17, 15) is 0 Å². The van der Waals surface area contributed by atoms with Gasteiger partial charge in [-0.25, -0.2) is 0 Å². The molecule has 0 saturated heterocycles. The highest BCUT2D eigenvalue weighted by atomic mass is 32.2. The number of hydrogen-bond acceptors (Lipinski definition) is 2. The van der Waals surface area contributed by atoms with Gasteiger partial charge >= 0.3 is 0 Å². The van der Waals surface area contributed by atoms with Crippen molar-refractivity contribution in [2.24, 2.45) is 0 Å². The minimum atomic E-state index is 1.05. The molecule has 130 valence electrons. The Morgan fingerprint density at radius 1 is 0.808 bits per heavy atom. The average molecular weight is 358 g/mol. The third kappa shape index (κ3) is 3.56. The third-order valence-corrected chi connectivity index (χ3v) is 5.50. The average Bonchev–Trinajstić information content (AvgIpc) is 2.85. The van der Waals surface area contributed by atoms with E-state index in [0.717, 1.165) is 24.3 Å². The van der Waals surface area contributed by atoms with Crippen molar-refractivity contribution in [2.75, 3.05) is 10.5 Å². The molecule has 26 heavy (non-hydrogen) atoms. The molecule has 1 N–H and O–H groups in total. The lowest BCUT2D eigenvalue weighted by molar-refractivity contribution is 0.965. The fraction of sp³-hybridized carbons (Fsp3) is 0.167. The van der Waals surface area contributed by atoms with Crippen LogP contribution in [-0.4, -0.2) is 5.75 Å². The molecule has 0 spiro atoms. The second kappa shape index (κ2) is 7.84. The summed E-state index contributed by atoms with van der Waals surface area (Å²) in [5.74, 6) is 1.05. The van der Waals surface area contributed by atoms with Crippen LogP contribution in [-0.2, 0) is 12.8 Å². The Bertz CT molecular complexity index is 875. The van der Waals surface area contributed by atoms with Crippen molar-refractivity contribution in [3.05, 3.63) is 101 Å². The Balaban J connectivity index is 1.78. The standard InChI is InChI=1S/C24H23NS/c1-2-26-25-21-15-11-18(12-16-21)17-24-22-9-5-3-7-19(22)13-14-20-8-4-6-10-23(20)24/h3-12,15-17,25H,2,13-14H2,1H3. The van der Waals surface area contributed by atoms with Crippen molar-refractivity contribution in [3.63, 3.8) is 0 Å². The predicted octanol–water partition coefficient (Wildman–Crippen LogP) is 6.45. The Morgan fingerprint density at radius 2 is 1.38 bits per heavy atom. The smallest absolute Gasteiger partial charge is 0.0440 e. The van der Waals surface area contributed by atoms with E-state index in [1.807, 2.05) is 0 Å². The van der Waals surface area contributed by atoms with E-state index in [-0.39, 0.29) is 0 Å². The van der Waals surface area contributed by atoms with Crippen molar-refractivity contribution < 1.29 is 0 Å². The molecule has 3 aromatic rings. The highest BCUT2D eigenvalue weighted by Gasteiger charge is 2.17. The fourth-order valence-corrected chi connectivity index (χ4v) is 3.99. The maximum absolute atomic E-state index is 3.36. The van der Waals surface area contributed by atoms with Crippen molar-refractivity contribution in [3.8, 4) is 0 Å². The summed E-state index contributed by atoms with van der Waals surface area (Å²) in [6.45, 7) is 2.15. The number of hydrogen-bond donors (Lipinski definition) is 1. The Hall–Kier alpha value is -2.45. The molecular formula is C24H23NS. The number of aryl methyl sites for hydroxylation is 2. The van der Waals surface area contributed by atoms with Gasteiger partial charge in [0.15, 0.2) is 0 Å². The first-order chi connectivity index (χ1) is 12.8. The molecule has 0 saturated carbocycles. The van der Waals surface area contributed by atoms with Crippen LogP contribution in [0.25, 0.3) is 11.6 Å². The van der Waals surface area contributed by atoms with Crippen LogP contribution in [0.1, 0.15) is 34.7 Å². The minimum absolute atomic E-state index is 1.05. The molecule has 0 fully saturated rings.